The highest BCUT2D eigenvalue weighted by Crippen LogP contribution is 2.39. The van der Waals surface area contributed by atoms with Crippen molar-refractivity contribution >= 4 is 34.2 Å². The van der Waals surface area contributed by atoms with E-state index in [0.717, 1.165) is 22.2 Å². The Balaban J connectivity index is 1.91. The number of hydrogen-bond donors (Lipinski definition) is 0. The summed E-state index contributed by atoms with van der Waals surface area (Å²) >= 11 is 7.25. The van der Waals surface area contributed by atoms with E-state index >= 15 is 0 Å². The van der Waals surface area contributed by atoms with Gasteiger partial charge < -0.3 is 17.4 Å². The molecule has 1 aliphatic heterocycles. The second kappa shape index (κ2) is 4.98. The van der Waals surface area contributed by atoms with E-state index in [2.05, 4.69) is 18.8 Å². The van der Waals surface area contributed by atoms with Gasteiger partial charge in [0.25, 0.3) is 0 Å². The standard InChI is InChI=1S/C17H16N2OS2/c1-17(2)8-11-12(9-20-17)22-16-13(11)15(21)18-14(19-16)10-6-4-3-5-7-10/h3-7H,8-9H2,1-2H3,(H,18,19,21)/p-1. The molecular formula is C17H15N2OS2-. The average Bonchev–Trinajstić information content (AvgIpc) is 2.85. The molecule has 3 heterocycles. The lowest BCUT2D eigenvalue weighted by Gasteiger charge is -2.30. The fraction of sp³-hybridized carbons (Fsp3) is 0.294. The number of ether oxygens (including phenoxy) is 1. The van der Waals surface area contributed by atoms with Gasteiger partial charge in [-0.3, -0.25) is 4.98 Å². The lowest BCUT2D eigenvalue weighted by molar-refractivity contribution is -0.0379. The molecule has 0 fully saturated rings. The molecule has 2 aromatic heterocycles. The van der Waals surface area contributed by atoms with Crippen LogP contribution in [0.15, 0.2) is 35.4 Å². The van der Waals surface area contributed by atoms with E-state index in [0.29, 0.717) is 17.5 Å². The fourth-order valence-corrected chi connectivity index (χ4v) is 4.30. The van der Waals surface area contributed by atoms with Gasteiger partial charge in [0.05, 0.1) is 12.2 Å². The maximum absolute atomic E-state index is 5.90. The number of rotatable bonds is 1. The minimum absolute atomic E-state index is 0.152. The minimum atomic E-state index is -0.152. The maximum Gasteiger partial charge on any atom is 0.159 e. The van der Waals surface area contributed by atoms with E-state index in [-0.39, 0.29) is 5.60 Å². The van der Waals surface area contributed by atoms with Gasteiger partial charge in [-0.25, -0.2) is 4.98 Å². The van der Waals surface area contributed by atoms with Gasteiger partial charge in [0.2, 0.25) is 0 Å². The van der Waals surface area contributed by atoms with Crippen LogP contribution < -0.4 is 0 Å². The van der Waals surface area contributed by atoms with Crippen molar-refractivity contribution in [3.8, 4) is 11.4 Å². The van der Waals surface area contributed by atoms with E-state index < -0.39 is 0 Å². The van der Waals surface area contributed by atoms with Crippen LogP contribution in [0.1, 0.15) is 24.3 Å². The predicted molar refractivity (Wildman–Crippen MR) is 91.1 cm³/mol. The van der Waals surface area contributed by atoms with Crippen LogP contribution in [0.5, 0.6) is 0 Å². The molecule has 22 heavy (non-hydrogen) atoms. The Morgan fingerprint density at radius 1 is 1.18 bits per heavy atom. The molecule has 1 aliphatic rings. The zero-order valence-electron chi connectivity index (χ0n) is 12.4. The first-order chi connectivity index (χ1) is 10.5. The Morgan fingerprint density at radius 2 is 1.95 bits per heavy atom. The predicted octanol–water partition coefficient (Wildman–Crippen LogP) is 4.12. The summed E-state index contributed by atoms with van der Waals surface area (Å²) in [5.41, 5.74) is 2.13. The smallest absolute Gasteiger partial charge is 0.159 e. The van der Waals surface area contributed by atoms with Gasteiger partial charge >= 0.3 is 0 Å². The van der Waals surface area contributed by atoms with Gasteiger partial charge in [-0.05, 0) is 19.4 Å². The topological polar surface area (TPSA) is 35.0 Å². The summed E-state index contributed by atoms with van der Waals surface area (Å²) in [7, 11) is 0. The Morgan fingerprint density at radius 3 is 2.73 bits per heavy atom. The molecule has 3 nitrogen and oxygen atoms in total. The van der Waals surface area contributed by atoms with Gasteiger partial charge in [0.15, 0.2) is 5.82 Å². The number of aromatic nitrogens is 2. The van der Waals surface area contributed by atoms with Crippen molar-refractivity contribution in [3.63, 3.8) is 0 Å². The molecule has 0 bridgehead atoms. The number of thiophene rings is 1. The molecular weight excluding hydrogens is 312 g/mol. The molecule has 0 aliphatic carbocycles. The van der Waals surface area contributed by atoms with Crippen molar-refractivity contribution in [3.05, 3.63) is 40.8 Å². The lowest BCUT2D eigenvalue weighted by atomic mass is 9.94. The van der Waals surface area contributed by atoms with Gasteiger partial charge in [-0.2, -0.15) is 0 Å². The molecule has 0 amide bonds. The first kappa shape index (κ1) is 14.1. The molecule has 0 spiro atoms. The SMILES string of the molecule is CC1(C)Cc2c(sc3nc(-c4ccccc4)nc([S-])c23)CO1. The van der Waals surface area contributed by atoms with Gasteiger partial charge in [0.1, 0.15) is 4.83 Å². The lowest BCUT2D eigenvalue weighted by Crippen LogP contribution is -2.31. The number of nitrogens with zero attached hydrogens (tertiary/aromatic N) is 2. The van der Waals surface area contributed by atoms with E-state index in [1.807, 2.05) is 30.3 Å². The van der Waals surface area contributed by atoms with E-state index in [4.69, 9.17) is 22.3 Å². The number of benzene rings is 1. The van der Waals surface area contributed by atoms with Crippen molar-refractivity contribution in [2.45, 2.75) is 37.5 Å². The summed E-state index contributed by atoms with van der Waals surface area (Å²) in [5.74, 6) is 0.705. The van der Waals surface area contributed by atoms with Crippen molar-refractivity contribution < 1.29 is 4.74 Å². The fourth-order valence-electron chi connectivity index (χ4n) is 2.83. The molecule has 0 unspecified atom stereocenters. The summed E-state index contributed by atoms with van der Waals surface area (Å²) in [6.45, 7) is 4.86. The van der Waals surface area contributed by atoms with Crippen molar-refractivity contribution in [1.82, 2.24) is 9.97 Å². The van der Waals surface area contributed by atoms with Crippen LogP contribution in [0.3, 0.4) is 0 Å². The van der Waals surface area contributed by atoms with Crippen LogP contribution in [0.4, 0.5) is 0 Å². The van der Waals surface area contributed by atoms with Gasteiger partial charge in [-0.15, -0.1) is 11.3 Å². The van der Waals surface area contributed by atoms with Crippen LogP contribution in [-0.4, -0.2) is 15.6 Å². The first-order valence-electron chi connectivity index (χ1n) is 7.22. The maximum atomic E-state index is 5.90. The Kier molecular flexibility index (Phi) is 3.18. The Hall–Kier alpha value is -1.56. The molecule has 5 heteroatoms. The minimum Gasteiger partial charge on any atom is -0.759 e. The van der Waals surface area contributed by atoms with Crippen LogP contribution in [0.2, 0.25) is 0 Å². The molecule has 1 aromatic carbocycles. The average molecular weight is 327 g/mol. The molecule has 0 atom stereocenters. The normalized spacial score (nSPS) is 16.6. The summed E-state index contributed by atoms with van der Waals surface area (Å²) < 4.78 is 5.90. The van der Waals surface area contributed by atoms with Gasteiger partial charge in [0, 0.05) is 22.2 Å². The molecule has 4 rings (SSSR count). The third-order valence-corrected chi connectivity index (χ3v) is 5.32. The summed E-state index contributed by atoms with van der Waals surface area (Å²) in [4.78, 5) is 11.5. The Labute approximate surface area is 138 Å². The van der Waals surface area contributed by atoms with Crippen LogP contribution in [-0.2, 0) is 30.4 Å². The highest BCUT2D eigenvalue weighted by Gasteiger charge is 2.29. The summed E-state index contributed by atoms with van der Waals surface area (Å²) in [6.07, 6.45) is 0.861. The van der Waals surface area contributed by atoms with E-state index in [1.165, 1.54) is 10.4 Å². The van der Waals surface area contributed by atoms with Crippen LogP contribution in [0.25, 0.3) is 21.6 Å². The monoisotopic (exact) mass is 327 g/mol. The van der Waals surface area contributed by atoms with E-state index in [1.54, 1.807) is 11.3 Å². The van der Waals surface area contributed by atoms with Crippen LogP contribution in [0, 0.1) is 0 Å². The molecule has 0 saturated heterocycles. The first-order valence-corrected chi connectivity index (χ1v) is 8.45. The molecule has 0 radical (unpaired) electrons. The van der Waals surface area contributed by atoms with Gasteiger partial charge in [-0.1, -0.05) is 35.4 Å². The zero-order chi connectivity index (χ0) is 15.3. The molecule has 0 N–H and O–H groups in total. The quantitative estimate of drug-likeness (QED) is 0.497. The van der Waals surface area contributed by atoms with Crippen molar-refractivity contribution in [1.29, 1.82) is 0 Å². The Bertz CT molecular complexity index is 856. The van der Waals surface area contributed by atoms with Crippen LogP contribution >= 0.6 is 11.3 Å². The third-order valence-electron chi connectivity index (χ3n) is 3.93. The number of fused-ring (bicyclic) bond motifs is 3. The summed E-state index contributed by atoms with van der Waals surface area (Å²) in [6, 6.07) is 9.98. The molecule has 0 saturated carbocycles. The molecule has 3 aromatic rings. The second-order valence-electron chi connectivity index (χ2n) is 6.13. The third kappa shape index (κ3) is 2.29. The highest BCUT2D eigenvalue weighted by molar-refractivity contribution is 7.59. The number of hydrogen-bond acceptors (Lipinski definition) is 5. The second-order valence-corrected chi connectivity index (χ2v) is 7.60. The van der Waals surface area contributed by atoms with Crippen molar-refractivity contribution in [2.75, 3.05) is 0 Å². The molecule has 112 valence electrons. The van der Waals surface area contributed by atoms with Crippen molar-refractivity contribution in [2.24, 2.45) is 0 Å². The van der Waals surface area contributed by atoms with E-state index in [9.17, 15) is 0 Å². The zero-order valence-corrected chi connectivity index (χ0v) is 14.1. The highest BCUT2D eigenvalue weighted by atomic mass is 32.1. The summed E-state index contributed by atoms with van der Waals surface area (Å²) in [5, 5.41) is 1.70. The largest absolute Gasteiger partial charge is 0.759 e.